The van der Waals surface area contributed by atoms with Crippen molar-refractivity contribution in [2.45, 2.75) is 12.5 Å². The first-order valence-corrected chi connectivity index (χ1v) is 6.41. The maximum Gasteiger partial charge on any atom is 0.258 e. The van der Waals surface area contributed by atoms with Crippen LogP contribution in [0.5, 0.6) is 0 Å². The second-order valence-electron chi connectivity index (χ2n) is 4.67. The van der Waals surface area contributed by atoms with Gasteiger partial charge in [-0.1, -0.05) is 48.5 Å². The molecule has 0 aliphatic carbocycles. The lowest BCUT2D eigenvalue weighted by Gasteiger charge is -2.27. The monoisotopic (exact) mass is 284 g/mol. The van der Waals surface area contributed by atoms with Crippen LogP contribution in [0.4, 0.5) is 5.69 Å². The van der Waals surface area contributed by atoms with E-state index in [-0.39, 0.29) is 11.5 Å². The summed E-state index contributed by atoms with van der Waals surface area (Å²) in [4.78, 5) is 23.2. The molecule has 2 aromatic carbocycles. The molecule has 2 aromatic rings. The minimum Gasteiger partial charge on any atom is -0.372 e. The average molecular weight is 284 g/mol. The van der Waals surface area contributed by atoms with Gasteiger partial charge in [0, 0.05) is 18.2 Å². The third-order valence-corrected chi connectivity index (χ3v) is 3.18. The molecule has 0 aliphatic rings. The summed E-state index contributed by atoms with van der Waals surface area (Å²) in [6.45, 7) is 1.35. The van der Waals surface area contributed by atoms with Gasteiger partial charge in [-0.25, -0.2) is 0 Å². The van der Waals surface area contributed by atoms with Gasteiger partial charge in [0.2, 0.25) is 5.91 Å². The van der Waals surface area contributed by atoms with Gasteiger partial charge in [-0.05, 0) is 11.6 Å². The second kappa shape index (κ2) is 5.76. The Hall–Kier alpha value is -2.66. The van der Waals surface area contributed by atoms with E-state index in [1.54, 1.807) is 54.6 Å². The quantitative estimate of drug-likeness (QED) is 0.791. The Labute approximate surface area is 122 Å². The fraction of sp³-hybridized carbons (Fsp3) is 0.125. The Kier molecular flexibility index (Phi) is 4.05. The Balaban J connectivity index is 2.64. The van der Waals surface area contributed by atoms with Gasteiger partial charge in [0.15, 0.2) is 5.60 Å². The Bertz CT molecular complexity index is 670. The van der Waals surface area contributed by atoms with Gasteiger partial charge in [-0.15, -0.1) is 0 Å². The molecule has 0 saturated heterocycles. The summed E-state index contributed by atoms with van der Waals surface area (Å²) in [5.74, 6) is -1.21. The zero-order valence-electron chi connectivity index (χ0n) is 11.5. The summed E-state index contributed by atoms with van der Waals surface area (Å²) in [5, 5.41) is 13.5. The predicted molar refractivity (Wildman–Crippen MR) is 79.4 cm³/mol. The van der Waals surface area contributed by atoms with Crippen molar-refractivity contribution in [1.82, 2.24) is 0 Å². The van der Waals surface area contributed by atoms with Gasteiger partial charge >= 0.3 is 0 Å². The van der Waals surface area contributed by atoms with Crippen molar-refractivity contribution in [3.05, 3.63) is 65.7 Å². The average Bonchev–Trinajstić information content (AvgIpc) is 2.47. The first-order valence-electron chi connectivity index (χ1n) is 6.41. The van der Waals surface area contributed by atoms with Crippen LogP contribution in [0.1, 0.15) is 18.1 Å². The molecule has 0 spiro atoms. The summed E-state index contributed by atoms with van der Waals surface area (Å²) >= 11 is 0. The number of nitrogens with two attached hydrogens (primary N) is 1. The number of hydrogen-bond acceptors (Lipinski definition) is 3. The second-order valence-corrected chi connectivity index (χ2v) is 4.67. The van der Waals surface area contributed by atoms with E-state index in [0.29, 0.717) is 11.3 Å². The molecule has 0 fully saturated rings. The summed E-state index contributed by atoms with van der Waals surface area (Å²) in [5.41, 5.74) is 4.34. The molecular weight excluding hydrogens is 268 g/mol. The van der Waals surface area contributed by atoms with Crippen LogP contribution < -0.4 is 11.1 Å². The number of benzene rings is 2. The van der Waals surface area contributed by atoms with Crippen LogP contribution in [0, 0.1) is 0 Å². The molecule has 0 aromatic heterocycles. The van der Waals surface area contributed by atoms with Crippen LogP contribution in [0.2, 0.25) is 0 Å². The third kappa shape index (κ3) is 2.78. The molecule has 0 radical (unpaired) electrons. The number of aliphatic hydroxyl groups is 1. The molecule has 21 heavy (non-hydrogen) atoms. The standard InChI is InChI=1S/C16H16N2O3/c1-11(19)18-14-10-6-5-9-13(14)16(21,15(17)20)12-7-3-2-4-8-12/h2-10,21H,1H3,(H2,17,20)(H,18,19). The zero-order chi connectivity index (χ0) is 15.5. The third-order valence-electron chi connectivity index (χ3n) is 3.18. The summed E-state index contributed by atoms with van der Waals surface area (Å²) in [6.07, 6.45) is 0. The fourth-order valence-corrected chi connectivity index (χ4v) is 2.21. The van der Waals surface area contributed by atoms with Gasteiger partial charge < -0.3 is 16.2 Å². The predicted octanol–water partition coefficient (Wildman–Crippen LogP) is 1.37. The molecule has 108 valence electrons. The van der Waals surface area contributed by atoms with Crippen LogP contribution >= 0.6 is 0 Å². The van der Waals surface area contributed by atoms with Crippen molar-refractivity contribution in [3.63, 3.8) is 0 Å². The molecule has 5 heteroatoms. The van der Waals surface area contributed by atoms with Crippen molar-refractivity contribution in [1.29, 1.82) is 0 Å². The Morgan fingerprint density at radius 3 is 2.19 bits per heavy atom. The number of para-hydroxylation sites is 1. The molecule has 0 saturated carbocycles. The van der Waals surface area contributed by atoms with E-state index >= 15 is 0 Å². The highest BCUT2D eigenvalue weighted by molar-refractivity contribution is 5.94. The van der Waals surface area contributed by atoms with Crippen molar-refractivity contribution in [2.75, 3.05) is 5.32 Å². The highest BCUT2D eigenvalue weighted by Gasteiger charge is 2.39. The van der Waals surface area contributed by atoms with Crippen LogP contribution in [0.25, 0.3) is 0 Å². The number of carbonyl (C=O) groups is 2. The zero-order valence-corrected chi connectivity index (χ0v) is 11.5. The van der Waals surface area contributed by atoms with E-state index in [1.165, 1.54) is 6.92 Å². The molecule has 5 nitrogen and oxygen atoms in total. The van der Waals surface area contributed by atoms with Gasteiger partial charge in [0.25, 0.3) is 5.91 Å². The largest absolute Gasteiger partial charge is 0.372 e. The maximum atomic E-state index is 11.9. The topological polar surface area (TPSA) is 92.4 Å². The van der Waals surface area contributed by atoms with Gasteiger partial charge in [0.05, 0.1) is 0 Å². The van der Waals surface area contributed by atoms with Crippen LogP contribution in [-0.4, -0.2) is 16.9 Å². The number of amides is 2. The van der Waals surface area contributed by atoms with E-state index < -0.39 is 11.5 Å². The van der Waals surface area contributed by atoms with Crippen molar-refractivity contribution >= 4 is 17.5 Å². The number of anilines is 1. The first-order chi connectivity index (χ1) is 9.96. The van der Waals surface area contributed by atoms with E-state index in [9.17, 15) is 14.7 Å². The normalized spacial score (nSPS) is 13.2. The molecule has 2 amide bonds. The van der Waals surface area contributed by atoms with E-state index in [1.807, 2.05) is 0 Å². The van der Waals surface area contributed by atoms with Crippen LogP contribution in [-0.2, 0) is 15.2 Å². The molecule has 0 aliphatic heterocycles. The van der Waals surface area contributed by atoms with Crippen molar-refractivity contribution in [2.24, 2.45) is 5.73 Å². The molecule has 4 N–H and O–H groups in total. The molecule has 0 bridgehead atoms. The summed E-state index contributed by atoms with van der Waals surface area (Å²) in [7, 11) is 0. The number of rotatable bonds is 4. The highest BCUT2D eigenvalue weighted by Crippen LogP contribution is 2.34. The van der Waals surface area contributed by atoms with Gasteiger partial charge in [-0.2, -0.15) is 0 Å². The van der Waals surface area contributed by atoms with Crippen LogP contribution in [0.15, 0.2) is 54.6 Å². The van der Waals surface area contributed by atoms with Gasteiger partial charge in [0.1, 0.15) is 0 Å². The van der Waals surface area contributed by atoms with Crippen molar-refractivity contribution in [3.8, 4) is 0 Å². The molecular formula is C16H16N2O3. The highest BCUT2D eigenvalue weighted by atomic mass is 16.3. The van der Waals surface area contributed by atoms with E-state index in [4.69, 9.17) is 5.73 Å². The molecule has 1 atom stereocenters. The lowest BCUT2D eigenvalue weighted by Crippen LogP contribution is -2.42. The minimum atomic E-state index is -2.01. The number of nitrogens with one attached hydrogen (secondary N) is 1. The Morgan fingerprint density at radius 2 is 1.62 bits per heavy atom. The first kappa shape index (κ1) is 14.7. The Morgan fingerprint density at radius 1 is 1.05 bits per heavy atom. The smallest absolute Gasteiger partial charge is 0.258 e. The number of primary amides is 1. The van der Waals surface area contributed by atoms with Gasteiger partial charge in [-0.3, -0.25) is 9.59 Å². The lowest BCUT2D eigenvalue weighted by molar-refractivity contribution is -0.133. The minimum absolute atomic E-state index is 0.235. The van der Waals surface area contributed by atoms with E-state index in [2.05, 4.69) is 5.32 Å². The summed E-state index contributed by atoms with van der Waals surface area (Å²) in [6, 6.07) is 14.9. The SMILES string of the molecule is CC(=O)Nc1ccccc1C(O)(C(N)=O)c1ccccc1. The number of hydrogen-bond donors (Lipinski definition) is 3. The molecule has 2 rings (SSSR count). The maximum absolute atomic E-state index is 11.9. The lowest BCUT2D eigenvalue weighted by atomic mass is 9.84. The summed E-state index contributed by atoms with van der Waals surface area (Å²) < 4.78 is 0. The number of carbonyl (C=O) groups excluding carboxylic acids is 2. The fourth-order valence-electron chi connectivity index (χ4n) is 2.21. The van der Waals surface area contributed by atoms with Crippen molar-refractivity contribution < 1.29 is 14.7 Å². The molecule has 1 unspecified atom stereocenters. The molecule has 0 heterocycles. The van der Waals surface area contributed by atoms with Crippen LogP contribution in [0.3, 0.4) is 0 Å². The van der Waals surface area contributed by atoms with E-state index in [0.717, 1.165) is 0 Å².